The highest BCUT2D eigenvalue weighted by Crippen LogP contribution is 1.80. The van der Waals surface area contributed by atoms with Gasteiger partial charge in [-0.3, -0.25) is 0 Å². The van der Waals surface area contributed by atoms with Gasteiger partial charge in [0.2, 0.25) is 0 Å². The van der Waals surface area contributed by atoms with Crippen LogP contribution in [0.15, 0.2) is 0 Å². The number of hydrogen-bond acceptors (Lipinski definition) is 3. The highest BCUT2D eigenvalue weighted by molar-refractivity contribution is 4.95. The van der Waals surface area contributed by atoms with Gasteiger partial charge in [-0.05, 0) is 6.92 Å². The second-order valence-electron chi connectivity index (χ2n) is 2.13. The molecule has 0 saturated carbocycles. The lowest BCUT2D eigenvalue weighted by atomic mass is 10.3. The molecule has 0 aliphatic heterocycles. The van der Waals surface area contributed by atoms with Gasteiger partial charge in [0, 0.05) is 6.54 Å². The first-order valence-electron chi connectivity index (χ1n) is 3.19. The smallest absolute Gasteiger partial charge is 0.0895 e. The topological polar surface area (TPSA) is 52.5 Å². The van der Waals surface area contributed by atoms with Crippen LogP contribution in [0, 0.1) is 12.3 Å². The number of hydrogen-bond donors (Lipinski definition) is 3. The molecule has 0 aromatic rings. The van der Waals surface area contributed by atoms with E-state index in [4.69, 9.17) is 16.6 Å². The highest BCUT2D eigenvalue weighted by Gasteiger charge is 2.01. The maximum absolute atomic E-state index is 8.82. The van der Waals surface area contributed by atoms with E-state index in [1.807, 2.05) is 6.92 Å². The monoisotopic (exact) mass is 143 g/mol. The quantitative estimate of drug-likeness (QED) is 0.440. The fourth-order valence-corrected chi connectivity index (χ4v) is 0.436. The van der Waals surface area contributed by atoms with E-state index in [1.165, 1.54) is 0 Å². The van der Waals surface area contributed by atoms with Crippen molar-refractivity contribution in [2.75, 3.05) is 13.2 Å². The van der Waals surface area contributed by atoms with E-state index < -0.39 is 6.10 Å². The number of rotatable bonds is 4. The average molecular weight is 143 g/mol. The van der Waals surface area contributed by atoms with E-state index in [1.54, 1.807) is 0 Å². The van der Waals surface area contributed by atoms with E-state index in [-0.39, 0.29) is 12.6 Å². The SMILES string of the molecule is C#CC(C)NCC(O)CO. The molecule has 3 N–H and O–H groups in total. The Kier molecular flexibility index (Phi) is 4.95. The van der Waals surface area contributed by atoms with Crippen molar-refractivity contribution in [3.8, 4) is 12.3 Å². The molecule has 10 heavy (non-hydrogen) atoms. The lowest BCUT2D eigenvalue weighted by molar-refractivity contribution is 0.0937. The fourth-order valence-electron chi connectivity index (χ4n) is 0.436. The minimum absolute atomic E-state index is 0.0544. The van der Waals surface area contributed by atoms with Crippen molar-refractivity contribution in [1.29, 1.82) is 0 Å². The molecule has 0 spiro atoms. The van der Waals surface area contributed by atoms with Crippen molar-refractivity contribution in [3.63, 3.8) is 0 Å². The minimum Gasteiger partial charge on any atom is -0.394 e. The molecule has 0 rings (SSSR count). The van der Waals surface area contributed by atoms with Crippen molar-refractivity contribution in [1.82, 2.24) is 5.32 Å². The third kappa shape index (κ3) is 4.33. The van der Waals surface area contributed by atoms with Gasteiger partial charge in [-0.1, -0.05) is 5.92 Å². The van der Waals surface area contributed by atoms with Crippen molar-refractivity contribution in [2.24, 2.45) is 0 Å². The molecule has 0 saturated heterocycles. The average Bonchev–Trinajstić information content (AvgIpc) is 1.99. The molecule has 0 aliphatic carbocycles. The molecule has 2 unspecified atom stereocenters. The number of terminal acetylenes is 1. The molecule has 0 bridgehead atoms. The Hall–Kier alpha value is -0.560. The fraction of sp³-hybridized carbons (Fsp3) is 0.714. The van der Waals surface area contributed by atoms with Crippen LogP contribution in [0.5, 0.6) is 0 Å². The van der Waals surface area contributed by atoms with Gasteiger partial charge >= 0.3 is 0 Å². The second kappa shape index (κ2) is 5.24. The third-order valence-electron chi connectivity index (χ3n) is 1.12. The van der Waals surface area contributed by atoms with E-state index >= 15 is 0 Å². The lowest BCUT2D eigenvalue weighted by Crippen LogP contribution is -2.34. The lowest BCUT2D eigenvalue weighted by Gasteiger charge is -2.10. The van der Waals surface area contributed by atoms with Crippen LogP contribution in [0.2, 0.25) is 0 Å². The van der Waals surface area contributed by atoms with Crippen molar-refractivity contribution in [3.05, 3.63) is 0 Å². The van der Waals surface area contributed by atoms with Crippen LogP contribution in [0.1, 0.15) is 6.92 Å². The zero-order chi connectivity index (χ0) is 7.98. The summed E-state index contributed by atoms with van der Waals surface area (Å²) in [5, 5.41) is 20.0. The molecule has 58 valence electrons. The molecule has 3 nitrogen and oxygen atoms in total. The number of aliphatic hydroxyl groups excluding tert-OH is 2. The van der Waals surface area contributed by atoms with Gasteiger partial charge in [-0.15, -0.1) is 6.42 Å². The summed E-state index contributed by atoms with van der Waals surface area (Å²) in [4.78, 5) is 0. The maximum atomic E-state index is 8.82. The summed E-state index contributed by atoms with van der Waals surface area (Å²) in [5.41, 5.74) is 0. The Morgan fingerprint density at radius 1 is 1.70 bits per heavy atom. The summed E-state index contributed by atoms with van der Waals surface area (Å²) < 4.78 is 0. The molecule has 0 aromatic heterocycles. The van der Waals surface area contributed by atoms with E-state index in [0.29, 0.717) is 6.54 Å². The summed E-state index contributed by atoms with van der Waals surface area (Å²) >= 11 is 0. The largest absolute Gasteiger partial charge is 0.394 e. The van der Waals surface area contributed by atoms with Gasteiger partial charge in [-0.2, -0.15) is 0 Å². The van der Waals surface area contributed by atoms with Gasteiger partial charge in [-0.25, -0.2) is 0 Å². The van der Waals surface area contributed by atoms with Crippen molar-refractivity contribution >= 4 is 0 Å². The first-order chi connectivity index (χ1) is 4.70. The van der Waals surface area contributed by atoms with Crippen LogP contribution in [0.4, 0.5) is 0 Å². The summed E-state index contributed by atoms with van der Waals surface area (Å²) in [5.74, 6) is 2.44. The molecule has 0 aliphatic rings. The van der Waals surface area contributed by atoms with Gasteiger partial charge in [0.15, 0.2) is 0 Å². The number of nitrogens with one attached hydrogen (secondary N) is 1. The summed E-state index contributed by atoms with van der Waals surface area (Å²) in [6.45, 7) is 1.91. The van der Waals surface area contributed by atoms with Gasteiger partial charge < -0.3 is 15.5 Å². The molecular weight excluding hydrogens is 130 g/mol. The molecule has 0 heterocycles. The van der Waals surface area contributed by atoms with Crippen LogP contribution < -0.4 is 5.32 Å². The van der Waals surface area contributed by atoms with Crippen molar-refractivity contribution in [2.45, 2.75) is 19.1 Å². The van der Waals surface area contributed by atoms with Crippen molar-refractivity contribution < 1.29 is 10.2 Å². The van der Waals surface area contributed by atoms with Gasteiger partial charge in [0.25, 0.3) is 0 Å². The Labute approximate surface area is 61.1 Å². The summed E-state index contributed by atoms with van der Waals surface area (Å²) in [7, 11) is 0. The summed E-state index contributed by atoms with van der Waals surface area (Å²) in [6, 6.07) is -0.0544. The highest BCUT2D eigenvalue weighted by atomic mass is 16.3. The zero-order valence-electron chi connectivity index (χ0n) is 6.04. The van der Waals surface area contributed by atoms with E-state index in [0.717, 1.165) is 0 Å². The molecule has 2 atom stereocenters. The Bertz CT molecular complexity index is 119. The first-order valence-corrected chi connectivity index (χ1v) is 3.19. The maximum Gasteiger partial charge on any atom is 0.0895 e. The zero-order valence-corrected chi connectivity index (χ0v) is 6.04. The Balaban J connectivity index is 3.28. The van der Waals surface area contributed by atoms with E-state index in [2.05, 4.69) is 11.2 Å². The van der Waals surface area contributed by atoms with E-state index in [9.17, 15) is 0 Å². The summed E-state index contributed by atoms with van der Waals surface area (Å²) in [6.07, 6.45) is 4.33. The second-order valence-corrected chi connectivity index (χ2v) is 2.13. The predicted molar refractivity (Wildman–Crippen MR) is 39.4 cm³/mol. The first kappa shape index (κ1) is 9.44. The van der Waals surface area contributed by atoms with Crippen LogP contribution >= 0.6 is 0 Å². The van der Waals surface area contributed by atoms with Gasteiger partial charge in [0.1, 0.15) is 0 Å². The minimum atomic E-state index is -0.712. The molecular formula is C7H13NO2. The predicted octanol–water partition coefficient (Wildman–Crippen LogP) is -1.05. The standard InChI is InChI=1S/C7H13NO2/c1-3-6(2)8-4-7(10)5-9/h1,6-10H,4-5H2,2H3. The molecule has 0 radical (unpaired) electrons. The van der Waals surface area contributed by atoms with Gasteiger partial charge in [0.05, 0.1) is 18.8 Å². The molecule has 0 aromatic carbocycles. The van der Waals surface area contributed by atoms with Crippen LogP contribution in [0.25, 0.3) is 0 Å². The Morgan fingerprint density at radius 2 is 2.30 bits per heavy atom. The molecule has 0 fully saturated rings. The van der Waals surface area contributed by atoms with Crippen LogP contribution in [-0.2, 0) is 0 Å². The normalized spacial score (nSPS) is 15.8. The third-order valence-corrected chi connectivity index (χ3v) is 1.12. The molecule has 0 amide bonds. The molecule has 3 heteroatoms. The Morgan fingerprint density at radius 3 is 2.70 bits per heavy atom. The van der Waals surface area contributed by atoms with Crippen LogP contribution in [0.3, 0.4) is 0 Å². The number of aliphatic hydroxyl groups is 2. The van der Waals surface area contributed by atoms with Crippen LogP contribution in [-0.4, -0.2) is 35.5 Å².